The third kappa shape index (κ3) is 3.28. The molecule has 1 nitrogen and oxygen atoms in total. The Bertz CT molecular complexity index is 277. The molecule has 13 heavy (non-hydrogen) atoms. The minimum atomic E-state index is -0.248. The molecule has 0 atom stereocenters. The smallest absolute Gasteiger partial charge is 0.123 e. The van der Waals surface area contributed by atoms with E-state index >= 15 is 0 Å². The third-order valence-electron chi connectivity index (χ3n) is 1.76. The van der Waals surface area contributed by atoms with E-state index in [0.717, 1.165) is 12.0 Å². The summed E-state index contributed by atoms with van der Waals surface area (Å²) in [5.41, 5.74) is 1.03. The first-order valence-electron chi connectivity index (χ1n) is 4.27. The van der Waals surface area contributed by atoms with Crippen LogP contribution in [-0.4, -0.2) is 6.61 Å². The van der Waals surface area contributed by atoms with Gasteiger partial charge in [0.2, 0.25) is 0 Å². The maximum absolute atomic E-state index is 12.5. The quantitative estimate of drug-likeness (QED) is 0.646. The maximum atomic E-state index is 12.5. The average molecular weight is 180 g/mol. The average Bonchev–Trinajstić information content (AvgIpc) is 2.16. The molecule has 0 fully saturated rings. The van der Waals surface area contributed by atoms with Gasteiger partial charge < -0.3 is 4.74 Å². The normalized spacial score (nSPS) is 9.69. The van der Waals surface area contributed by atoms with Gasteiger partial charge in [-0.05, 0) is 36.3 Å². The summed E-state index contributed by atoms with van der Waals surface area (Å²) in [5.74, 6) is 0.428. The van der Waals surface area contributed by atoms with Crippen molar-refractivity contribution in [3.63, 3.8) is 0 Å². The van der Waals surface area contributed by atoms with Crippen LogP contribution in [0.15, 0.2) is 36.4 Å². The van der Waals surface area contributed by atoms with E-state index in [2.05, 4.69) is 6.58 Å². The van der Waals surface area contributed by atoms with Gasteiger partial charge in [0.15, 0.2) is 0 Å². The summed E-state index contributed by atoms with van der Waals surface area (Å²) in [6.45, 7) is 6.33. The minimum absolute atomic E-state index is 0.248. The van der Waals surface area contributed by atoms with Crippen LogP contribution in [0.3, 0.4) is 0 Å². The van der Waals surface area contributed by atoms with E-state index < -0.39 is 0 Å². The Morgan fingerprint density at radius 1 is 1.38 bits per heavy atom. The lowest BCUT2D eigenvalue weighted by atomic mass is 10.2. The summed E-state index contributed by atoms with van der Waals surface area (Å²) >= 11 is 0. The molecule has 70 valence electrons. The van der Waals surface area contributed by atoms with Crippen molar-refractivity contribution in [2.24, 2.45) is 0 Å². The Kier molecular flexibility index (Phi) is 3.50. The fourth-order valence-electron chi connectivity index (χ4n) is 0.818. The van der Waals surface area contributed by atoms with Crippen LogP contribution in [0, 0.1) is 5.82 Å². The van der Waals surface area contributed by atoms with E-state index in [9.17, 15) is 4.39 Å². The van der Waals surface area contributed by atoms with Crippen molar-refractivity contribution < 1.29 is 9.13 Å². The summed E-state index contributed by atoms with van der Waals surface area (Å²) in [6, 6.07) is 5.98. The van der Waals surface area contributed by atoms with E-state index in [4.69, 9.17) is 4.74 Å². The van der Waals surface area contributed by atoms with Crippen LogP contribution in [0.5, 0.6) is 5.75 Å². The fraction of sp³-hybridized carbons (Fsp3) is 0.273. The van der Waals surface area contributed by atoms with Gasteiger partial charge in [0.05, 0.1) is 0 Å². The van der Waals surface area contributed by atoms with Crippen molar-refractivity contribution in [1.82, 2.24) is 0 Å². The highest BCUT2D eigenvalue weighted by molar-refractivity contribution is 5.22. The van der Waals surface area contributed by atoms with E-state index in [1.54, 1.807) is 12.1 Å². The molecule has 0 heterocycles. The highest BCUT2D eigenvalue weighted by atomic mass is 19.1. The molecule has 0 aliphatic heterocycles. The number of hydrogen-bond acceptors (Lipinski definition) is 1. The lowest BCUT2D eigenvalue weighted by molar-refractivity contribution is 0.348. The SMILES string of the molecule is C=C(CC)COc1ccc(F)cc1. The van der Waals surface area contributed by atoms with E-state index in [-0.39, 0.29) is 5.82 Å². The van der Waals surface area contributed by atoms with Gasteiger partial charge in [-0.15, -0.1) is 0 Å². The van der Waals surface area contributed by atoms with Crippen LogP contribution < -0.4 is 4.74 Å². The van der Waals surface area contributed by atoms with E-state index in [1.165, 1.54) is 12.1 Å². The first-order valence-corrected chi connectivity index (χ1v) is 4.27. The molecule has 1 rings (SSSR count). The lowest BCUT2D eigenvalue weighted by Crippen LogP contribution is -1.99. The number of ether oxygens (including phenoxy) is 1. The molecule has 0 aliphatic carbocycles. The Hall–Kier alpha value is -1.31. The molecule has 0 N–H and O–H groups in total. The minimum Gasteiger partial charge on any atom is -0.489 e. The van der Waals surface area contributed by atoms with Gasteiger partial charge in [0.1, 0.15) is 18.2 Å². The van der Waals surface area contributed by atoms with Gasteiger partial charge >= 0.3 is 0 Å². The van der Waals surface area contributed by atoms with Crippen molar-refractivity contribution in [3.05, 3.63) is 42.2 Å². The largest absolute Gasteiger partial charge is 0.489 e. The number of rotatable bonds is 4. The first kappa shape index (κ1) is 9.78. The number of benzene rings is 1. The van der Waals surface area contributed by atoms with Gasteiger partial charge in [-0.3, -0.25) is 0 Å². The van der Waals surface area contributed by atoms with Gasteiger partial charge in [-0.25, -0.2) is 4.39 Å². The standard InChI is InChI=1S/C11H13FO/c1-3-9(2)8-13-11-6-4-10(12)5-7-11/h4-7H,2-3,8H2,1H3. The molecule has 2 heteroatoms. The van der Waals surface area contributed by atoms with Crippen molar-refractivity contribution in [2.75, 3.05) is 6.61 Å². The maximum Gasteiger partial charge on any atom is 0.123 e. The number of hydrogen-bond donors (Lipinski definition) is 0. The van der Waals surface area contributed by atoms with Gasteiger partial charge in [0, 0.05) is 0 Å². The third-order valence-corrected chi connectivity index (χ3v) is 1.76. The predicted molar refractivity (Wildman–Crippen MR) is 51.3 cm³/mol. The molecule has 0 saturated carbocycles. The van der Waals surface area contributed by atoms with Gasteiger partial charge in [-0.2, -0.15) is 0 Å². The molecule has 0 aromatic heterocycles. The predicted octanol–water partition coefficient (Wildman–Crippen LogP) is 3.17. The second-order valence-corrected chi connectivity index (χ2v) is 2.85. The molecule has 0 unspecified atom stereocenters. The van der Waals surface area contributed by atoms with Crippen LogP contribution in [-0.2, 0) is 0 Å². The Labute approximate surface area is 77.8 Å². The molecule has 1 aromatic carbocycles. The highest BCUT2D eigenvalue weighted by Crippen LogP contribution is 2.12. The van der Waals surface area contributed by atoms with E-state index in [1.807, 2.05) is 6.92 Å². The van der Waals surface area contributed by atoms with E-state index in [0.29, 0.717) is 12.4 Å². The zero-order valence-electron chi connectivity index (χ0n) is 7.72. The Morgan fingerprint density at radius 3 is 2.54 bits per heavy atom. The zero-order chi connectivity index (χ0) is 9.68. The second-order valence-electron chi connectivity index (χ2n) is 2.85. The van der Waals surface area contributed by atoms with Crippen molar-refractivity contribution in [1.29, 1.82) is 0 Å². The summed E-state index contributed by atoms with van der Waals surface area (Å²) in [5, 5.41) is 0. The molecular weight excluding hydrogens is 167 g/mol. The molecule has 1 aromatic rings. The van der Waals surface area contributed by atoms with Crippen molar-refractivity contribution >= 4 is 0 Å². The fourth-order valence-corrected chi connectivity index (χ4v) is 0.818. The van der Waals surface area contributed by atoms with Crippen molar-refractivity contribution in [3.8, 4) is 5.75 Å². The molecular formula is C11H13FO. The summed E-state index contributed by atoms with van der Waals surface area (Å²) in [6.07, 6.45) is 0.904. The Morgan fingerprint density at radius 2 is 2.00 bits per heavy atom. The van der Waals surface area contributed by atoms with Crippen LogP contribution in [0.4, 0.5) is 4.39 Å². The molecule has 0 bridgehead atoms. The zero-order valence-corrected chi connectivity index (χ0v) is 7.72. The molecule has 0 saturated heterocycles. The van der Waals surface area contributed by atoms with Crippen molar-refractivity contribution in [2.45, 2.75) is 13.3 Å². The van der Waals surface area contributed by atoms with Crippen LogP contribution in [0.1, 0.15) is 13.3 Å². The monoisotopic (exact) mass is 180 g/mol. The summed E-state index contributed by atoms with van der Waals surface area (Å²) in [4.78, 5) is 0. The molecule has 0 radical (unpaired) electrons. The topological polar surface area (TPSA) is 9.23 Å². The number of halogens is 1. The Balaban J connectivity index is 2.46. The molecule has 0 amide bonds. The lowest BCUT2D eigenvalue weighted by Gasteiger charge is -2.06. The first-order chi connectivity index (χ1) is 6.22. The summed E-state index contributed by atoms with van der Waals surface area (Å²) < 4.78 is 17.8. The summed E-state index contributed by atoms with van der Waals surface area (Å²) in [7, 11) is 0. The van der Waals surface area contributed by atoms with Crippen LogP contribution in [0.25, 0.3) is 0 Å². The van der Waals surface area contributed by atoms with Gasteiger partial charge in [0.25, 0.3) is 0 Å². The van der Waals surface area contributed by atoms with Crippen LogP contribution >= 0.6 is 0 Å². The second kappa shape index (κ2) is 4.65. The highest BCUT2D eigenvalue weighted by Gasteiger charge is 1.95. The molecule has 0 spiro atoms. The molecule has 0 aliphatic rings. The van der Waals surface area contributed by atoms with Crippen LogP contribution in [0.2, 0.25) is 0 Å². The van der Waals surface area contributed by atoms with Gasteiger partial charge in [-0.1, -0.05) is 13.5 Å².